The summed E-state index contributed by atoms with van der Waals surface area (Å²) in [6.07, 6.45) is 1.73. The summed E-state index contributed by atoms with van der Waals surface area (Å²) in [4.78, 5) is 30.0. The zero-order valence-electron chi connectivity index (χ0n) is 15.7. The molecule has 6 heteroatoms. The zero-order chi connectivity index (χ0) is 19.4. The predicted molar refractivity (Wildman–Crippen MR) is 106 cm³/mol. The first kappa shape index (κ1) is 18.7. The smallest absolute Gasteiger partial charge is 0.238 e. The second-order valence-corrected chi connectivity index (χ2v) is 6.48. The highest BCUT2D eigenvalue weighted by Crippen LogP contribution is 2.20. The topological polar surface area (TPSA) is 74.4 Å². The highest BCUT2D eigenvalue weighted by molar-refractivity contribution is 6.10. The lowest BCUT2D eigenvalue weighted by atomic mass is 10.0. The van der Waals surface area contributed by atoms with Gasteiger partial charge in [-0.15, -0.1) is 0 Å². The van der Waals surface area contributed by atoms with Crippen LogP contribution >= 0.6 is 0 Å². The van der Waals surface area contributed by atoms with Gasteiger partial charge in [-0.25, -0.2) is 0 Å². The molecule has 1 heterocycles. The van der Waals surface area contributed by atoms with E-state index in [0.717, 1.165) is 16.7 Å². The van der Waals surface area contributed by atoms with Crippen LogP contribution in [-0.4, -0.2) is 48.3 Å². The Kier molecular flexibility index (Phi) is 5.57. The molecule has 0 saturated heterocycles. The second-order valence-electron chi connectivity index (χ2n) is 6.48. The first-order chi connectivity index (χ1) is 13.0. The monoisotopic (exact) mass is 365 g/mol. The third kappa shape index (κ3) is 4.17. The number of carbonyl (C=O) groups excluding carboxylic acids is 2. The van der Waals surface area contributed by atoms with Crippen molar-refractivity contribution in [2.75, 3.05) is 26.0 Å². The average Bonchev–Trinajstić information content (AvgIpc) is 3.11. The molecule has 3 rings (SSSR count). The van der Waals surface area contributed by atoms with Crippen LogP contribution in [0.1, 0.15) is 17.3 Å². The standard InChI is InChI=1S/C21H23N3O3/c1-14(21(26)18-12-22-19-7-5-4-6-17(18)19)24(2)13-20(25)23-15-8-10-16(27-3)11-9-15/h4-12,14,22H,13H2,1-3H3,(H,23,25)/t14-/m1/s1. The Morgan fingerprint density at radius 1 is 1.15 bits per heavy atom. The molecule has 1 amide bonds. The number of para-hydroxylation sites is 1. The van der Waals surface area contributed by atoms with Crippen molar-refractivity contribution in [3.63, 3.8) is 0 Å². The highest BCUT2D eigenvalue weighted by Gasteiger charge is 2.23. The molecule has 0 aliphatic carbocycles. The first-order valence-electron chi connectivity index (χ1n) is 8.74. The number of carbonyl (C=O) groups is 2. The lowest BCUT2D eigenvalue weighted by Crippen LogP contribution is -2.40. The summed E-state index contributed by atoms with van der Waals surface area (Å²) in [6.45, 7) is 1.92. The van der Waals surface area contributed by atoms with Crippen LogP contribution in [0, 0.1) is 0 Å². The number of aromatic nitrogens is 1. The fourth-order valence-corrected chi connectivity index (χ4v) is 2.94. The van der Waals surface area contributed by atoms with Crippen molar-refractivity contribution < 1.29 is 14.3 Å². The Morgan fingerprint density at radius 2 is 1.85 bits per heavy atom. The summed E-state index contributed by atoms with van der Waals surface area (Å²) in [5, 5.41) is 3.72. The maximum Gasteiger partial charge on any atom is 0.238 e. The van der Waals surface area contributed by atoms with Gasteiger partial charge in [-0.1, -0.05) is 18.2 Å². The number of likely N-dealkylation sites (N-methyl/N-ethyl adjacent to an activating group) is 1. The Hall–Kier alpha value is -3.12. The van der Waals surface area contributed by atoms with Crippen molar-refractivity contribution in [3.05, 3.63) is 60.3 Å². The molecule has 0 fully saturated rings. The molecule has 1 atom stereocenters. The number of hydrogen-bond acceptors (Lipinski definition) is 4. The van der Waals surface area contributed by atoms with Gasteiger partial charge in [0.15, 0.2) is 5.78 Å². The zero-order valence-corrected chi connectivity index (χ0v) is 15.7. The van der Waals surface area contributed by atoms with Gasteiger partial charge in [-0.2, -0.15) is 0 Å². The molecule has 2 N–H and O–H groups in total. The van der Waals surface area contributed by atoms with Crippen LogP contribution < -0.4 is 10.1 Å². The molecule has 0 saturated carbocycles. The molecule has 6 nitrogen and oxygen atoms in total. The van der Waals surface area contributed by atoms with Gasteiger partial charge < -0.3 is 15.0 Å². The Balaban J connectivity index is 1.63. The van der Waals surface area contributed by atoms with E-state index in [4.69, 9.17) is 4.74 Å². The summed E-state index contributed by atoms with van der Waals surface area (Å²) < 4.78 is 5.10. The third-order valence-corrected chi connectivity index (χ3v) is 4.66. The highest BCUT2D eigenvalue weighted by atomic mass is 16.5. The van der Waals surface area contributed by atoms with Gasteiger partial charge in [0.25, 0.3) is 0 Å². The summed E-state index contributed by atoms with van der Waals surface area (Å²) in [6, 6.07) is 14.4. The van der Waals surface area contributed by atoms with Crippen LogP contribution in [0.15, 0.2) is 54.7 Å². The summed E-state index contributed by atoms with van der Waals surface area (Å²) >= 11 is 0. The van der Waals surface area contributed by atoms with Gasteiger partial charge in [-0.05, 0) is 44.3 Å². The number of fused-ring (bicyclic) bond motifs is 1. The molecule has 2 aromatic carbocycles. The molecular formula is C21H23N3O3. The molecular weight excluding hydrogens is 342 g/mol. The summed E-state index contributed by atoms with van der Waals surface area (Å²) in [5.41, 5.74) is 2.25. The van der Waals surface area contributed by atoms with Gasteiger partial charge in [0.2, 0.25) is 5.91 Å². The molecule has 27 heavy (non-hydrogen) atoms. The fourth-order valence-electron chi connectivity index (χ4n) is 2.94. The van der Waals surface area contributed by atoms with Crippen LogP contribution in [0.3, 0.4) is 0 Å². The number of aromatic amines is 1. The van der Waals surface area contributed by atoms with Crippen molar-refractivity contribution in [2.45, 2.75) is 13.0 Å². The van der Waals surface area contributed by atoms with Gasteiger partial charge in [0, 0.05) is 28.4 Å². The van der Waals surface area contributed by atoms with E-state index in [2.05, 4.69) is 10.3 Å². The van der Waals surface area contributed by atoms with Crippen molar-refractivity contribution in [2.24, 2.45) is 0 Å². The van der Waals surface area contributed by atoms with Crippen molar-refractivity contribution >= 4 is 28.3 Å². The number of nitrogens with zero attached hydrogens (tertiary/aromatic N) is 1. The quantitative estimate of drug-likeness (QED) is 0.630. The number of rotatable bonds is 7. The van der Waals surface area contributed by atoms with Crippen molar-refractivity contribution in [3.8, 4) is 5.75 Å². The molecule has 0 radical (unpaired) electrons. The summed E-state index contributed by atoms with van der Waals surface area (Å²) in [7, 11) is 3.36. The number of nitrogens with one attached hydrogen (secondary N) is 2. The van der Waals surface area contributed by atoms with Gasteiger partial charge in [0.1, 0.15) is 5.75 Å². The SMILES string of the molecule is COc1ccc(NC(=O)CN(C)[C@H](C)C(=O)c2c[nH]c3ccccc23)cc1. The number of benzene rings is 2. The number of methoxy groups -OCH3 is 1. The van der Waals surface area contributed by atoms with E-state index in [1.54, 1.807) is 49.5 Å². The van der Waals surface area contributed by atoms with Crippen LogP contribution in [0.4, 0.5) is 5.69 Å². The Bertz CT molecular complexity index is 947. The van der Waals surface area contributed by atoms with Crippen LogP contribution in [0.5, 0.6) is 5.75 Å². The van der Waals surface area contributed by atoms with E-state index >= 15 is 0 Å². The van der Waals surface area contributed by atoms with E-state index < -0.39 is 6.04 Å². The lowest BCUT2D eigenvalue weighted by molar-refractivity contribution is -0.117. The van der Waals surface area contributed by atoms with Crippen LogP contribution in [-0.2, 0) is 4.79 Å². The fraction of sp³-hybridized carbons (Fsp3) is 0.238. The second kappa shape index (κ2) is 8.05. The van der Waals surface area contributed by atoms with Crippen molar-refractivity contribution in [1.82, 2.24) is 9.88 Å². The van der Waals surface area contributed by atoms with Gasteiger partial charge in [0.05, 0.1) is 19.7 Å². The minimum absolute atomic E-state index is 0.0211. The predicted octanol–water partition coefficient (Wildman–Crippen LogP) is 3.32. The maximum atomic E-state index is 12.9. The van der Waals surface area contributed by atoms with Crippen LogP contribution in [0.25, 0.3) is 10.9 Å². The minimum Gasteiger partial charge on any atom is -0.497 e. The number of ketones is 1. The number of H-pyrrole nitrogens is 1. The number of ether oxygens (including phenoxy) is 1. The van der Waals surface area contributed by atoms with Gasteiger partial charge in [-0.3, -0.25) is 14.5 Å². The number of amides is 1. The Labute approximate surface area is 158 Å². The molecule has 0 aliphatic rings. The molecule has 140 valence electrons. The number of anilines is 1. The third-order valence-electron chi connectivity index (χ3n) is 4.66. The summed E-state index contributed by atoms with van der Waals surface area (Å²) in [5.74, 6) is 0.525. The van der Waals surface area contributed by atoms with E-state index in [9.17, 15) is 9.59 Å². The maximum absolute atomic E-state index is 12.9. The molecule has 0 aliphatic heterocycles. The number of Topliss-reactive ketones (excluding diaryl/α,β-unsaturated/α-hetero) is 1. The van der Waals surface area contributed by atoms with E-state index in [1.807, 2.05) is 31.2 Å². The number of hydrogen-bond donors (Lipinski definition) is 2. The molecule has 1 aromatic heterocycles. The largest absolute Gasteiger partial charge is 0.497 e. The van der Waals surface area contributed by atoms with Crippen molar-refractivity contribution in [1.29, 1.82) is 0 Å². The molecule has 0 unspecified atom stereocenters. The van der Waals surface area contributed by atoms with E-state index in [0.29, 0.717) is 11.3 Å². The average molecular weight is 365 g/mol. The normalized spacial score (nSPS) is 12.1. The van der Waals surface area contributed by atoms with E-state index in [-0.39, 0.29) is 18.2 Å². The van der Waals surface area contributed by atoms with E-state index in [1.165, 1.54) is 0 Å². The Morgan fingerprint density at radius 3 is 2.56 bits per heavy atom. The molecule has 0 bridgehead atoms. The molecule has 0 spiro atoms. The minimum atomic E-state index is -0.425. The molecule has 3 aromatic rings. The van der Waals surface area contributed by atoms with Gasteiger partial charge >= 0.3 is 0 Å². The lowest BCUT2D eigenvalue weighted by Gasteiger charge is -2.22. The van der Waals surface area contributed by atoms with Crippen LogP contribution in [0.2, 0.25) is 0 Å². The first-order valence-corrected chi connectivity index (χ1v) is 8.74.